The molecule has 5 heteroatoms. The number of nitrogens with one attached hydrogen (secondary N) is 1. The highest BCUT2D eigenvalue weighted by Gasteiger charge is 2.26. The summed E-state index contributed by atoms with van der Waals surface area (Å²) in [7, 11) is 0. The van der Waals surface area contributed by atoms with Gasteiger partial charge < -0.3 is 15.0 Å². The minimum atomic E-state index is -0.849. The van der Waals surface area contributed by atoms with E-state index in [0.717, 1.165) is 29.9 Å². The van der Waals surface area contributed by atoms with Crippen LogP contribution < -0.4 is 0 Å². The number of aromatic amines is 1. The first-order valence-electron chi connectivity index (χ1n) is 8.89. The number of imidazole rings is 1. The lowest BCUT2D eigenvalue weighted by molar-refractivity contribution is 0.129. The van der Waals surface area contributed by atoms with Gasteiger partial charge in [-0.1, -0.05) is 54.6 Å². The van der Waals surface area contributed by atoms with E-state index in [-0.39, 0.29) is 5.92 Å². The van der Waals surface area contributed by atoms with E-state index in [4.69, 9.17) is 0 Å². The van der Waals surface area contributed by atoms with Gasteiger partial charge in [0.1, 0.15) is 5.82 Å². The fraction of sp³-hybridized carbons (Fsp3) is 0.238. The second kappa shape index (κ2) is 7.04. The van der Waals surface area contributed by atoms with Gasteiger partial charge in [-0.15, -0.1) is 0 Å². The van der Waals surface area contributed by atoms with Gasteiger partial charge in [0.15, 0.2) is 0 Å². The quantitative estimate of drug-likeness (QED) is 0.727. The highest BCUT2D eigenvalue weighted by atomic mass is 16.4. The summed E-state index contributed by atoms with van der Waals surface area (Å²) in [5.74, 6) is 1.01. The van der Waals surface area contributed by atoms with Crippen molar-refractivity contribution in [1.82, 2.24) is 14.9 Å². The molecule has 2 heterocycles. The van der Waals surface area contributed by atoms with E-state index < -0.39 is 6.09 Å². The standard InChI is InChI=1S/C21H21N3O2/c25-21(26)24-12-4-7-18(14-24)20-22-13-19(23-20)17-10-8-16(9-11-17)15-5-2-1-3-6-15/h1-3,5-6,8-11,13,18H,4,7,12,14H2,(H,22,23)(H,25,26). The molecule has 5 nitrogen and oxygen atoms in total. The lowest BCUT2D eigenvalue weighted by atomic mass is 9.98. The van der Waals surface area contributed by atoms with E-state index in [1.165, 1.54) is 16.0 Å². The molecule has 1 aliphatic rings. The Morgan fingerprint density at radius 2 is 1.73 bits per heavy atom. The molecular formula is C21H21N3O2. The van der Waals surface area contributed by atoms with Gasteiger partial charge in [0.25, 0.3) is 0 Å². The molecule has 1 aliphatic heterocycles. The number of H-pyrrole nitrogens is 1. The summed E-state index contributed by atoms with van der Waals surface area (Å²) in [5.41, 5.74) is 4.42. The zero-order valence-corrected chi connectivity index (χ0v) is 14.4. The van der Waals surface area contributed by atoms with E-state index in [9.17, 15) is 9.90 Å². The first-order valence-corrected chi connectivity index (χ1v) is 8.89. The maximum Gasteiger partial charge on any atom is 0.407 e. The molecule has 0 radical (unpaired) electrons. The number of aromatic nitrogens is 2. The van der Waals surface area contributed by atoms with Crippen LogP contribution in [0.25, 0.3) is 22.4 Å². The predicted molar refractivity (Wildman–Crippen MR) is 101 cm³/mol. The molecule has 26 heavy (non-hydrogen) atoms. The number of hydrogen-bond donors (Lipinski definition) is 2. The van der Waals surface area contributed by atoms with Crippen molar-refractivity contribution in [2.45, 2.75) is 18.8 Å². The van der Waals surface area contributed by atoms with Crippen LogP contribution in [0.15, 0.2) is 60.8 Å². The van der Waals surface area contributed by atoms with Gasteiger partial charge in [-0.25, -0.2) is 9.78 Å². The summed E-state index contributed by atoms with van der Waals surface area (Å²) in [6.07, 6.45) is 2.83. The number of carboxylic acid groups (broad SMARTS) is 1. The van der Waals surface area contributed by atoms with Crippen molar-refractivity contribution in [3.05, 3.63) is 66.6 Å². The predicted octanol–water partition coefficient (Wildman–Crippen LogP) is 4.60. The minimum Gasteiger partial charge on any atom is -0.465 e. The summed E-state index contributed by atoms with van der Waals surface area (Å²) in [6, 6.07) is 18.7. The maximum absolute atomic E-state index is 11.2. The van der Waals surface area contributed by atoms with Gasteiger partial charge in [-0.05, 0) is 29.5 Å². The summed E-state index contributed by atoms with van der Waals surface area (Å²) < 4.78 is 0. The number of nitrogens with zero attached hydrogens (tertiary/aromatic N) is 2. The fourth-order valence-corrected chi connectivity index (χ4v) is 3.54. The third-order valence-electron chi connectivity index (χ3n) is 4.98. The fourth-order valence-electron chi connectivity index (χ4n) is 3.54. The van der Waals surface area contributed by atoms with E-state index >= 15 is 0 Å². The third kappa shape index (κ3) is 3.33. The summed E-state index contributed by atoms with van der Waals surface area (Å²) in [6.45, 7) is 1.12. The lowest BCUT2D eigenvalue weighted by Crippen LogP contribution is -2.38. The Labute approximate surface area is 152 Å². The molecule has 1 amide bonds. The SMILES string of the molecule is O=C(O)N1CCCC(c2ncc(-c3ccc(-c4ccccc4)cc3)[nH]2)C1. The Kier molecular flexibility index (Phi) is 4.44. The number of carbonyl (C=O) groups is 1. The largest absolute Gasteiger partial charge is 0.465 e. The molecule has 3 aromatic rings. The van der Waals surface area contributed by atoms with Gasteiger partial charge in [0.2, 0.25) is 0 Å². The molecule has 1 aromatic heterocycles. The normalized spacial score (nSPS) is 17.2. The van der Waals surface area contributed by atoms with Crippen molar-refractivity contribution in [2.24, 2.45) is 0 Å². The molecule has 1 fully saturated rings. The molecule has 132 valence electrons. The van der Waals surface area contributed by atoms with E-state index in [1.807, 2.05) is 24.4 Å². The van der Waals surface area contributed by atoms with Crippen molar-refractivity contribution < 1.29 is 9.90 Å². The Balaban J connectivity index is 1.52. The zero-order chi connectivity index (χ0) is 17.9. The second-order valence-corrected chi connectivity index (χ2v) is 6.69. The van der Waals surface area contributed by atoms with Crippen LogP contribution in [0, 0.1) is 0 Å². The molecule has 4 rings (SSSR count). The Morgan fingerprint density at radius 3 is 2.46 bits per heavy atom. The molecule has 0 saturated carbocycles. The zero-order valence-electron chi connectivity index (χ0n) is 14.4. The number of amides is 1. The van der Waals surface area contributed by atoms with Crippen LogP contribution in [0.4, 0.5) is 4.79 Å². The summed E-state index contributed by atoms with van der Waals surface area (Å²) in [4.78, 5) is 20.6. The first-order chi connectivity index (χ1) is 12.7. The van der Waals surface area contributed by atoms with Crippen LogP contribution in [0.5, 0.6) is 0 Å². The summed E-state index contributed by atoms with van der Waals surface area (Å²) in [5, 5.41) is 9.20. The van der Waals surface area contributed by atoms with E-state index in [0.29, 0.717) is 13.1 Å². The van der Waals surface area contributed by atoms with Crippen LogP contribution in [0.3, 0.4) is 0 Å². The molecular weight excluding hydrogens is 326 g/mol. The van der Waals surface area contributed by atoms with E-state index in [2.05, 4.69) is 46.4 Å². The third-order valence-corrected chi connectivity index (χ3v) is 4.98. The Bertz CT molecular complexity index is 887. The van der Waals surface area contributed by atoms with Crippen LogP contribution >= 0.6 is 0 Å². The maximum atomic E-state index is 11.2. The molecule has 2 N–H and O–H groups in total. The van der Waals surface area contributed by atoms with Crippen LogP contribution in [0.2, 0.25) is 0 Å². The second-order valence-electron chi connectivity index (χ2n) is 6.69. The van der Waals surface area contributed by atoms with Crippen molar-refractivity contribution in [3.63, 3.8) is 0 Å². The van der Waals surface area contributed by atoms with Crippen LogP contribution in [-0.4, -0.2) is 39.2 Å². The topological polar surface area (TPSA) is 69.2 Å². The smallest absolute Gasteiger partial charge is 0.407 e. The summed E-state index contributed by atoms with van der Waals surface area (Å²) >= 11 is 0. The first kappa shape index (κ1) is 16.4. The molecule has 0 spiro atoms. The molecule has 2 aromatic carbocycles. The van der Waals surface area contributed by atoms with Crippen molar-refractivity contribution in [1.29, 1.82) is 0 Å². The highest BCUT2D eigenvalue weighted by Crippen LogP contribution is 2.28. The number of piperidine rings is 1. The van der Waals surface area contributed by atoms with Crippen molar-refractivity contribution in [3.8, 4) is 22.4 Å². The molecule has 1 unspecified atom stereocenters. The van der Waals surface area contributed by atoms with Gasteiger partial charge in [-0.2, -0.15) is 0 Å². The van der Waals surface area contributed by atoms with Crippen molar-refractivity contribution >= 4 is 6.09 Å². The van der Waals surface area contributed by atoms with Gasteiger partial charge in [0.05, 0.1) is 11.9 Å². The van der Waals surface area contributed by atoms with Gasteiger partial charge in [0, 0.05) is 19.0 Å². The number of hydrogen-bond acceptors (Lipinski definition) is 2. The monoisotopic (exact) mass is 347 g/mol. The van der Waals surface area contributed by atoms with Gasteiger partial charge >= 0.3 is 6.09 Å². The lowest BCUT2D eigenvalue weighted by Gasteiger charge is -2.29. The van der Waals surface area contributed by atoms with Crippen LogP contribution in [0.1, 0.15) is 24.6 Å². The average molecular weight is 347 g/mol. The molecule has 1 atom stereocenters. The molecule has 0 bridgehead atoms. The minimum absolute atomic E-state index is 0.136. The van der Waals surface area contributed by atoms with Crippen molar-refractivity contribution in [2.75, 3.05) is 13.1 Å². The average Bonchev–Trinajstić information content (AvgIpc) is 3.19. The van der Waals surface area contributed by atoms with Crippen LogP contribution in [-0.2, 0) is 0 Å². The number of benzene rings is 2. The number of rotatable bonds is 3. The molecule has 0 aliphatic carbocycles. The Hall–Kier alpha value is -3.08. The highest BCUT2D eigenvalue weighted by molar-refractivity contribution is 5.68. The van der Waals surface area contributed by atoms with E-state index in [1.54, 1.807) is 0 Å². The number of likely N-dealkylation sites (tertiary alicyclic amines) is 1. The molecule has 1 saturated heterocycles. The van der Waals surface area contributed by atoms with Gasteiger partial charge in [-0.3, -0.25) is 0 Å². The Morgan fingerprint density at radius 1 is 1.04 bits per heavy atom.